The average Bonchev–Trinajstić information content (AvgIpc) is 2.48. The van der Waals surface area contributed by atoms with Gasteiger partial charge in [0.15, 0.2) is 0 Å². The standard InChI is InChI=1S/C14H20N2O5S/c1-3-20-14(17)15-12-4-6-13(7-5-12)22(18,19)16-8-9-21-11(2)10-16/h4-7,11H,3,8-10H2,1-2H3,(H,15,17). The molecule has 8 heteroatoms. The first kappa shape index (κ1) is 16.7. The van der Waals surface area contributed by atoms with Gasteiger partial charge in [-0.15, -0.1) is 0 Å². The molecule has 1 N–H and O–H groups in total. The van der Waals surface area contributed by atoms with Gasteiger partial charge in [0.2, 0.25) is 10.0 Å². The molecule has 1 fully saturated rings. The van der Waals surface area contributed by atoms with E-state index in [4.69, 9.17) is 9.47 Å². The molecule has 22 heavy (non-hydrogen) atoms. The van der Waals surface area contributed by atoms with Crippen LogP contribution in [-0.2, 0) is 19.5 Å². The zero-order chi connectivity index (χ0) is 16.2. The van der Waals surface area contributed by atoms with Crippen LogP contribution in [0.5, 0.6) is 0 Å². The van der Waals surface area contributed by atoms with Gasteiger partial charge in [0.25, 0.3) is 0 Å². The van der Waals surface area contributed by atoms with Crippen LogP contribution >= 0.6 is 0 Å². The summed E-state index contributed by atoms with van der Waals surface area (Å²) < 4.78 is 36.6. The number of carbonyl (C=O) groups is 1. The molecule has 1 aliphatic rings. The summed E-state index contributed by atoms with van der Waals surface area (Å²) in [7, 11) is -3.54. The third kappa shape index (κ3) is 3.96. The van der Waals surface area contributed by atoms with Crippen molar-refractivity contribution in [1.29, 1.82) is 0 Å². The lowest BCUT2D eigenvalue weighted by molar-refractivity contribution is 0.0102. The van der Waals surface area contributed by atoms with Crippen LogP contribution in [0, 0.1) is 0 Å². The smallest absolute Gasteiger partial charge is 0.411 e. The molecule has 0 bridgehead atoms. The van der Waals surface area contributed by atoms with Gasteiger partial charge in [-0.3, -0.25) is 5.32 Å². The normalized spacial score (nSPS) is 19.6. The second-order valence-electron chi connectivity index (χ2n) is 4.91. The maximum Gasteiger partial charge on any atom is 0.411 e. The van der Waals surface area contributed by atoms with Gasteiger partial charge in [-0.1, -0.05) is 0 Å². The third-order valence-corrected chi connectivity index (χ3v) is 5.10. The molecule has 0 aliphatic carbocycles. The zero-order valence-corrected chi connectivity index (χ0v) is 13.4. The summed E-state index contributed by atoms with van der Waals surface area (Å²) in [6.45, 7) is 4.89. The Morgan fingerprint density at radius 1 is 1.41 bits per heavy atom. The number of amides is 1. The van der Waals surface area contributed by atoms with Gasteiger partial charge in [-0.2, -0.15) is 4.31 Å². The van der Waals surface area contributed by atoms with E-state index >= 15 is 0 Å². The summed E-state index contributed by atoms with van der Waals surface area (Å²) in [6, 6.07) is 6.01. The number of rotatable bonds is 4. The molecule has 1 unspecified atom stereocenters. The SMILES string of the molecule is CCOC(=O)Nc1ccc(S(=O)(=O)N2CCOC(C)C2)cc1. The molecule has 1 heterocycles. The molecule has 1 aromatic rings. The molecule has 0 saturated carbocycles. The van der Waals surface area contributed by atoms with Gasteiger partial charge in [0.1, 0.15) is 0 Å². The fourth-order valence-corrected chi connectivity index (χ4v) is 3.65. The Kier molecular flexibility index (Phi) is 5.38. The molecular formula is C14H20N2O5S. The van der Waals surface area contributed by atoms with Crippen LogP contribution in [0.2, 0.25) is 0 Å². The summed E-state index contributed by atoms with van der Waals surface area (Å²) in [5.74, 6) is 0. The summed E-state index contributed by atoms with van der Waals surface area (Å²) in [6.07, 6.45) is -0.687. The minimum Gasteiger partial charge on any atom is -0.450 e. The van der Waals surface area contributed by atoms with Crippen molar-refractivity contribution in [2.24, 2.45) is 0 Å². The predicted molar refractivity (Wildman–Crippen MR) is 81.3 cm³/mol. The van der Waals surface area contributed by atoms with Crippen molar-refractivity contribution >= 4 is 21.8 Å². The average molecular weight is 328 g/mol. The molecule has 1 amide bonds. The van der Waals surface area contributed by atoms with E-state index in [-0.39, 0.29) is 17.6 Å². The number of benzene rings is 1. The Morgan fingerprint density at radius 3 is 2.68 bits per heavy atom. The topological polar surface area (TPSA) is 84.9 Å². The highest BCUT2D eigenvalue weighted by atomic mass is 32.2. The number of ether oxygens (including phenoxy) is 2. The van der Waals surface area contributed by atoms with Crippen LogP contribution in [0.15, 0.2) is 29.2 Å². The second-order valence-corrected chi connectivity index (χ2v) is 6.85. The first-order valence-corrected chi connectivity index (χ1v) is 8.53. The van der Waals surface area contributed by atoms with Crippen molar-refractivity contribution in [3.63, 3.8) is 0 Å². The van der Waals surface area contributed by atoms with E-state index in [1.54, 1.807) is 6.92 Å². The van der Waals surface area contributed by atoms with E-state index in [1.165, 1.54) is 28.6 Å². The van der Waals surface area contributed by atoms with Crippen molar-refractivity contribution in [2.75, 3.05) is 31.6 Å². The molecule has 1 aromatic carbocycles. The highest BCUT2D eigenvalue weighted by Gasteiger charge is 2.28. The lowest BCUT2D eigenvalue weighted by Crippen LogP contribution is -2.44. The van der Waals surface area contributed by atoms with Gasteiger partial charge in [-0.05, 0) is 38.1 Å². The van der Waals surface area contributed by atoms with Gasteiger partial charge in [0.05, 0.1) is 24.2 Å². The van der Waals surface area contributed by atoms with Gasteiger partial charge < -0.3 is 9.47 Å². The molecule has 0 spiro atoms. The maximum atomic E-state index is 12.5. The lowest BCUT2D eigenvalue weighted by Gasteiger charge is -2.30. The van der Waals surface area contributed by atoms with E-state index in [0.717, 1.165) is 0 Å². The van der Waals surface area contributed by atoms with Crippen molar-refractivity contribution in [3.8, 4) is 0 Å². The summed E-state index contributed by atoms with van der Waals surface area (Å²) in [5.41, 5.74) is 0.479. The Hall–Kier alpha value is -1.64. The number of carbonyl (C=O) groups excluding carboxylic acids is 1. The van der Waals surface area contributed by atoms with E-state index in [1.807, 2.05) is 6.92 Å². The third-order valence-electron chi connectivity index (χ3n) is 3.22. The van der Waals surface area contributed by atoms with Crippen LogP contribution < -0.4 is 5.32 Å². The molecule has 1 atom stereocenters. The van der Waals surface area contributed by atoms with E-state index in [0.29, 0.717) is 25.4 Å². The van der Waals surface area contributed by atoms with Crippen molar-refractivity contribution in [3.05, 3.63) is 24.3 Å². The van der Waals surface area contributed by atoms with E-state index in [2.05, 4.69) is 5.32 Å². The van der Waals surface area contributed by atoms with Crippen LogP contribution in [0.4, 0.5) is 10.5 Å². The largest absolute Gasteiger partial charge is 0.450 e. The monoisotopic (exact) mass is 328 g/mol. The number of sulfonamides is 1. The fraction of sp³-hybridized carbons (Fsp3) is 0.500. The Balaban J connectivity index is 2.10. The van der Waals surface area contributed by atoms with Crippen LogP contribution in [0.3, 0.4) is 0 Å². The van der Waals surface area contributed by atoms with Gasteiger partial charge >= 0.3 is 6.09 Å². The maximum absolute atomic E-state index is 12.5. The summed E-state index contributed by atoms with van der Waals surface area (Å²) in [5, 5.41) is 2.52. The van der Waals surface area contributed by atoms with Crippen molar-refractivity contribution < 1.29 is 22.7 Å². The minimum atomic E-state index is -3.54. The zero-order valence-electron chi connectivity index (χ0n) is 12.6. The van der Waals surface area contributed by atoms with Crippen LogP contribution in [-0.4, -0.2) is 51.2 Å². The minimum absolute atomic E-state index is 0.117. The highest BCUT2D eigenvalue weighted by Crippen LogP contribution is 2.20. The lowest BCUT2D eigenvalue weighted by atomic mass is 10.3. The quantitative estimate of drug-likeness (QED) is 0.908. The van der Waals surface area contributed by atoms with Crippen LogP contribution in [0.1, 0.15) is 13.8 Å². The first-order chi connectivity index (χ1) is 10.4. The number of hydrogen-bond acceptors (Lipinski definition) is 5. The second kappa shape index (κ2) is 7.08. The number of morpholine rings is 1. The molecule has 0 aromatic heterocycles. The number of nitrogens with one attached hydrogen (secondary N) is 1. The van der Waals surface area contributed by atoms with E-state index < -0.39 is 16.1 Å². The number of nitrogens with zero attached hydrogens (tertiary/aromatic N) is 1. The molecule has 2 rings (SSSR count). The van der Waals surface area contributed by atoms with Crippen LogP contribution in [0.25, 0.3) is 0 Å². The fourth-order valence-electron chi connectivity index (χ4n) is 2.15. The molecule has 1 saturated heterocycles. The van der Waals surface area contributed by atoms with Gasteiger partial charge in [-0.25, -0.2) is 13.2 Å². The number of anilines is 1. The molecule has 0 radical (unpaired) electrons. The number of hydrogen-bond donors (Lipinski definition) is 1. The highest BCUT2D eigenvalue weighted by molar-refractivity contribution is 7.89. The molecule has 7 nitrogen and oxygen atoms in total. The molecular weight excluding hydrogens is 308 g/mol. The van der Waals surface area contributed by atoms with Crippen molar-refractivity contribution in [2.45, 2.75) is 24.8 Å². The first-order valence-electron chi connectivity index (χ1n) is 7.09. The predicted octanol–water partition coefficient (Wildman–Crippen LogP) is 1.66. The summed E-state index contributed by atoms with van der Waals surface area (Å²) >= 11 is 0. The van der Waals surface area contributed by atoms with Gasteiger partial charge in [0, 0.05) is 18.8 Å². The Morgan fingerprint density at radius 2 is 2.09 bits per heavy atom. The Bertz CT molecular complexity index is 615. The summed E-state index contributed by atoms with van der Waals surface area (Å²) in [4.78, 5) is 11.5. The molecule has 1 aliphatic heterocycles. The van der Waals surface area contributed by atoms with Crippen molar-refractivity contribution in [1.82, 2.24) is 4.31 Å². The Labute approximate surface area is 130 Å². The molecule has 122 valence electrons. The van der Waals surface area contributed by atoms with E-state index in [9.17, 15) is 13.2 Å².